The zero-order valence-corrected chi connectivity index (χ0v) is 19.2. The van der Waals surface area contributed by atoms with Crippen LogP contribution in [0, 0.1) is 16.0 Å². The van der Waals surface area contributed by atoms with Crippen molar-refractivity contribution in [2.75, 3.05) is 18.0 Å². The summed E-state index contributed by atoms with van der Waals surface area (Å²) in [5.74, 6) is -1.13. The van der Waals surface area contributed by atoms with Crippen LogP contribution in [-0.4, -0.2) is 42.1 Å². The normalized spacial score (nSPS) is 14.5. The topological polar surface area (TPSA) is 117 Å². The molecule has 1 unspecified atom stereocenters. The highest BCUT2D eigenvalue weighted by Crippen LogP contribution is 2.31. The number of halogens is 1. The van der Waals surface area contributed by atoms with Gasteiger partial charge in [0.25, 0.3) is 17.5 Å². The average Bonchev–Trinajstić information content (AvgIpc) is 3.31. The van der Waals surface area contributed by atoms with E-state index in [4.69, 9.17) is 11.6 Å². The van der Waals surface area contributed by atoms with E-state index in [1.807, 2.05) is 4.90 Å². The van der Waals surface area contributed by atoms with Gasteiger partial charge in [0.1, 0.15) is 11.7 Å². The first-order valence-electron chi connectivity index (χ1n) is 10.7. The van der Waals surface area contributed by atoms with Gasteiger partial charge < -0.3 is 10.2 Å². The zero-order valence-electron chi connectivity index (χ0n) is 18.5. The van der Waals surface area contributed by atoms with Gasteiger partial charge in [-0.15, -0.1) is 0 Å². The maximum atomic E-state index is 12.6. The lowest BCUT2D eigenvalue weighted by Crippen LogP contribution is -2.48. The van der Waals surface area contributed by atoms with Crippen molar-refractivity contribution in [1.82, 2.24) is 10.7 Å². The number of nitro groups is 1. The smallest absolute Gasteiger partial charge is 0.293 e. The number of anilines is 1. The second-order valence-electron chi connectivity index (χ2n) is 8.14. The molecule has 1 saturated heterocycles. The van der Waals surface area contributed by atoms with Crippen LogP contribution >= 0.6 is 11.6 Å². The van der Waals surface area contributed by atoms with Crippen LogP contribution in [0.1, 0.15) is 42.6 Å². The van der Waals surface area contributed by atoms with Crippen molar-refractivity contribution in [3.05, 3.63) is 68.7 Å². The molecule has 1 fully saturated rings. The number of benzene rings is 2. The molecule has 2 N–H and O–H groups in total. The first-order valence-corrected chi connectivity index (χ1v) is 11.1. The first-order chi connectivity index (χ1) is 15.8. The number of hydrogen-bond donors (Lipinski definition) is 2. The van der Waals surface area contributed by atoms with Crippen molar-refractivity contribution in [2.45, 2.75) is 32.7 Å². The molecule has 2 aromatic carbocycles. The molecule has 33 heavy (non-hydrogen) atoms. The molecule has 3 rings (SSSR count). The van der Waals surface area contributed by atoms with Crippen molar-refractivity contribution in [3.63, 3.8) is 0 Å². The summed E-state index contributed by atoms with van der Waals surface area (Å²) in [5, 5.41) is 18.6. The minimum Gasteiger partial charge on any atom is -0.366 e. The summed E-state index contributed by atoms with van der Waals surface area (Å²) in [4.78, 5) is 38.2. The summed E-state index contributed by atoms with van der Waals surface area (Å²) >= 11 is 5.93. The Labute approximate surface area is 197 Å². The van der Waals surface area contributed by atoms with E-state index in [9.17, 15) is 19.7 Å². The minimum atomic E-state index is -0.833. The lowest BCUT2D eigenvalue weighted by molar-refractivity contribution is -0.384. The van der Waals surface area contributed by atoms with Gasteiger partial charge in [0, 0.05) is 35.3 Å². The van der Waals surface area contributed by atoms with Gasteiger partial charge in [-0.25, -0.2) is 5.43 Å². The third-order valence-electron chi connectivity index (χ3n) is 5.35. The van der Waals surface area contributed by atoms with Crippen molar-refractivity contribution in [3.8, 4) is 0 Å². The van der Waals surface area contributed by atoms with Crippen LogP contribution in [0.5, 0.6) is 0 Å². The van der Waals surface area contributed by atoms with Gasteiger partial charge in [-0.1, -0.05) is 37.6 Å². The summed E-state index contributed by atoms with van der Waals surface area (Å²) < 4.78 is 0. The number of rotatable bonds is 8. The van der Waals surface area contributed by atoms with Crippen LogP contribution in [-0.2, 0) is 4.79 Å². The van der Waals surface area contributed by atoms with E-state index < -0.39 is 22.8 Å². The van der Waals surface area contributed by atoms with Crippen molar-refractivity contribution >= 4 is 41.0 Å². The van der Waals surface area contributed by atoms with Crippen LogP contribution in [0.25, 0.3) is 0 Å². The Hall–Kier alpha value is -3.46. The molecule has 0 saturated carbocycles. The van der Waals surface area contributed by atoms with Gasteiger partial charge in [-0.3, -0.25) is 19.7 Å². The number of nitrogens with one attached hydrogen (secondary N) is 2. The summed E-state index contributed by atoms with van der Waals surface area (Å²) in [6.45, 7) is 5.18. The predicted molar refractivity (Wildman–Crippen MR) is 128 cm³/mol. The van der Waals surface area contributed by atoms with E-state index in [1.54, 1.807) is 44.2 Å². The Kier molecular flexibility index (Phi) is 8.00. The van der Waals surface area contributed by atoms with Gasteiger partial charge in [-0.05, 0) is 43.0 Å². The molecule has 174 valence electrons. The molecule has 9 nitrogen and oxygen atoms in total. The third kappa shape index (κ3) is 6.29. The number of hydrogen-bond acceptors (Lipinski definition) is 6. The zero-order chi connectivity index (χ0) is 24.0. The van der Waals surface area contributed by atoms with E-state index in [-0.39, 0.29) is 11.6 Å². The molecule has 0 radical (unpaired) electrons. The van der Waals surface area contributed by atoms with Crippen LogP contribution in [0.15, 0.2) is 47.6 Å². The second kappa shape index (κ2) is 10.9. The monoisotopic (exact) mass is 471 g/mol. The molecule has 1 heterocycles. The molecule has 0 spiro atoms. The summed E-state index contributed by atoms with van der Waals surface area (Å²) in [6.07, 6.45) is 3.36. The quantitative estimate of drug-likeness (QED) is 0.345. The fourth-order valence-electron chi connectivity index (χ4n) is 3.62. The molecule has 1 aliphatic rings. The number of amides is 2. The highest BCUT2D eigenvalue weighted by atomic mass is 35.5. The Balaban J connectivity index is 1.67. The van der Waals surface area contributed by atoms with Crippen molar-refractivity contribution in [2.24, 2.45) is 11.0 Å². The summed E-state index contributed by atoms with van der Waals surface area (Å²) in [5.41, 5.74) is 3.82. The standard InChI is InChI=1S/C23H26ClN5O4/c1-15(2)21(26-22(30)17-6-5-7-18(24)13-17)23(31)27-25-14-16-8-9-19(20(12-16)29(32)33)28-10-3-4-11-28/h5-9,12-15,21H,3-4,10-11H2,1-2H3,(H,26,30)(H,27,31). The van der Waals surface area contributed by atoms with Crippen LogP contribution in [0.2, 0.25) is 5.02 Å². The first kappa shape index (κ1) is 24.2. The van der Waals surface area contributed by atoms with Gasteiger partial charge in [-0.2, -0.15) is 5.10 Å². The van der Waals surface area contributed by atoms with E-state index in [0.717, 1.165) is 25.9 Å². The highest BCUT2D eigenvalue weighted by Gasteiger charge is 2.25. The number of carbonyl (C=O) groups is 2. The van der Waals surface area contributed by atoms with E-state index >= 15 is 0 Å². The maximum absolute atomic E-state index is 12.6. The average molecular weight is 472 g/mol. The summed E-state index contributed by atoms with van der Waals surface area (Å²) in [6, 6.07) is 10.5. The van der Waals surface area contributed by atoms with Gasteiger partial charge in [0.15, 0.2) is 0 Å². The number of hydrazone groups is 1. The molecule has 0 aromatic heterocycles. The Morgan fingerprint density at radius 2 is 1.91 bits per heavy atom. The van der Waals surface area contributed by atoms with Crippen LogP contribution < -0.4 is 15.6 Å². The SMILES string of the molecule is CC(C)C(NC(=O)c1cccc(Cl)c1)C(=O)NN=Cc1ccc(N2CCCC2)c([N+](=O)[O-])c1. The Bertz CT molecular complexity index is 1070. The molecule has 10 heteroatoms. The van der Waals surface area contributed by atoms with Gasteiger partial charge in [0.2, 0.25) is 0 Å². The second-order valence-corrected chi connectivity index (χ2v) is 8.58. The molecule has 1 atom stereocenters. The van der Waals surface area contributed by atoms with E-state index in [1.165, 1.54) is 18.3 Å². The minimum absolute atomic E-state index is 0.000943. The Morgan fingerprint density at radius 1 is 1.18 bits per heavy atom. The van der Waals surface area contributed by atoms with E-state index in [0.29, 0.717) is 21.8 Å². The predicted octanol–water partition coefficient (Wildman–Crippen LogP) is 3.75. The highest BCUT2D eigenvalue weighted by molar-refractivity contribution is 6.31. The lowest BCUT2D eigenvalue weighted by atomic mass is 10.0. The molecule has 1 aliphatic heterocycles. The van der Waals surface area contributed by atoms with E-state index in [2.05, 4.69) is 15.8 Å². The van der Waals surface area contributed by atoms with Gasteiger partial charge in [0.05, 0.1) is 11.1 Å². The summed E-state index contributed by atoms with van der Waals surface area (Å²) in [7, 11) is 0. The number of nitrogens with zero attached hydrogens (tertiary/aromatic N) is 3. The van der Waals surface area contributed by atoms with Crippen LogP contribution in [0.4, 0.5) is 11.4 Å². The fraction of sp³-hybridized carbons (Fsp3) is 0.348. The van der Waals surface area contributed by atoms with Gasteiger partial charge >= 0.3 is 0 Å². The van der Waals surface area contributed by atoms with Crippen molar-refractivity contribution < 1.29 is 14.5 Å². The van der Waals surface area contributed by atoms with Crippen molar-refractivity contribution in [1.29, 1.82) is 0 Å². The molecular weight excluding hydrogens is 446 g/mol. The Morgan fingerprint density at radius 3 is 2.55 bits per heavy atom. The molecular formula is C23H26ClN5O4. The number of carbonyl (C=O) groups excluding carboxylic acids is 2. The molecule has 2 aromatic rings. The molecule has 0 bridgehead atoms. The number of nitro benzene ring substituents is 1. The molecule has 0 aliphatic carbocycles. The largest absolute Gasteiger partial charge is 0.366 e. The molecule has 2 amide bonds. The fourth-order valence-corrected chi connectivity index (χ4v) is 3.81. The van der Waals surface area contributed by atoms with Crippen LogP contribution in [0.3, 0.4) is 0 Å². The maximum Gasteiger partial charge on any atom is 0.293 e. The lowest BCUT2D eigenvalue weighted by Gasteiger charge is -2.20. The third-order valence-corrected chi connectivity index (χ3v) is 5.59.